The van der Waals surface area contributed by atoms with E-state index < -0.39 is 38.9 Å². The molecule has 0 saturated carbocycles. The van der Waals surface area contributed by atoms with Gasteiger partial charge in [-0.1, -0.05) is 18.2 Å². The number of sulfonamides is 1. The first-order chi connectivity index (χ1) is 14.5. The van der Waals surface area contributed by atoms with Gasteiger partial charge >= 0.3 is 11.9 Å². The number of nitrogens with one attached hydrogen (secondary N) is 1. The molecule has 10 heteroatoms. The molecule has 0 aliphatic heterocycles. The highest BCUT2D eigenvalue weighted by Crippen LogP contribution is 2.37. The molecule has 7 nitrogen and oxygen atoms in total. The van der Waals surface area contributed by atoms with E-state index in [1.165, 1.54) is 43.3 Å². The van der Waals surface area contributed by atoms with Crippen molar-refractivity contribution in [3.8, 4) is 11.1 Å². The Labute approximate surface area is 185 Å². The average Bonchev–Trinajstić information content (AvgIpc) is 2.70. The first-order valence-corrected chi connectivity index (χ1v) is 11.0. The lowest BCUT2D eigenvalue weighted by Crippen LogP contribution is -2.14. The summed E-state index contributed by atoms with van der Waals surface area (Å²) in [7, 11) is -4.04. The normalized spacial score (nSPS) is 11.2. The van der Waals surface area contributed by atoms with Gasteiger partial charge in [-0.3, -0.25) is 4.72 Å². The number of benzene rings is 3. The fourth-order valence-corrected chi connectivity index (χ4v) is 4.67. The summed E-state index contributed by atoms with van der Waals surface area (Å²) in [6.45, 7) is 1.51. The SMILES string of the molecule is Cc1cc(C(=O)O)c(-c2cc(NS(=O)(=O)c3ccccc3)c(Br)cc2F)c(C(=O)O)c1. The van der Waals surface area contributed by atoms with Gasteiger partial charge in [-0.2, -0.15) is 0 Å². The minimum Gasteiger partial charge on any atom is -0.478 e. The quantitative estimate of drug-likeness (QED) is 0.442. The molecular weight excluding hydrogens is 493 g/mol. The number of anilines is 1. The molecule has 0 heterocycles. The third-order valence-electron chi connectivity index (χ3n) is 4.37. The molecule has 3 aromatic carbocycles. The molecule has 3 rings (SSSR count). The van der Waals surface area contributed by atoms with Crippen LogP contribution in [0, 0.1) is 12.7 Å². The Bertz CT molecular complexity index is 1270. The molecule has 0 aliphatic carbocycles. The molecule has 0 amide bonds. The van der Waals surface area contributed by atoms with Gasteiger partial charge in [0.15, 0.2) is 0 Å². The van der Waals surface area contributed by atoms with Gasteiger partial charge in [0.1, 0.15) is 5.82 Å². The molecule has 0 saturated heterocycles. The molecule has 31 heavy (non-hydrogen) atoms. The maximum Gasteiger partial charge on any atom is 0.336 e. The molecule has 0 radical (unpaired) electrons. The Kier molecular flexibility index (Phi) is 6.14. The van der Waals surface area contributed by atoms with E-state index in [9.17, 15) is 32.6 Å². The summed E-state index contributed by atoms with van der Waals surface area (Å²) in [6.07, 6.45) is 0. The van der Waals surface area contributed by atoms with E-state index >= 15 is 0 Å². The van der Waals surface area contributed by atoms with Gasteiger partial charge in [0.25, 0.3) is 10.0 Å². The van der Waals surface area contributed by atoms with Crippen LogP contribution in [0.25, 0.3) is 11.1 Å². The van der Waals surface area contributed by atoms with Gasteiger partial charge in [0, 0.05) is 15.6 Å². The van der Waals surface area contributed by atoms with E-state index in [-0.39, 0.29) is 26.2 Å². The van der Waals surface area contributed by atoms with E-state index in [0.29, 0.717) is 5.56 Å². The van der Waals surface area contributed by atoms with Crippen LogP contribution in [0.2, 0.25) is 0 Å². The van der Waals surface area contributed by atoms with E-state index in [2.05, 4.69) is 20.7 Å². The van der Waals surface area contributed by atoms with E-state index in [0.717, 1.165) is 12.1 Å². The molecule has 0 spiro atoms. The predicted molar refractivity (Wildman–Crippen MR) is 115 cm³/mol. The summed E-state index contributed by atoms with van der Waals surface area (Å²) in [5.74, 6) is -3.83. The van der Waals surface area contributed by atoms with Gasteiger partial charge in [-0.15, -0.1) is 0 Å². The number of rotatable bonds is 6. The Balaban J connectivity index is 2.24. The van der Waals surface area contributed by atoms with Crippen molar-refractivity contribution < 1.29 is 32.6 Å². The van der Waals surface area contributed by atoms with E-state index in [1.807, 2.05) is 0 Å². The maximum absolute atomic E-state index is 14.9. The van der Waals surface area contributed by atoms with Gasteiger partial charge in [0.05, 0.1) is 21.7 Å². The fraction of sp³-hybridized carbons (Fsp3) is 0.0476. The maximum atomic E-state index is 14.9. The second kappa shape index (κ2) is 8.48. The monoisotopic (exact) mass is 507 g/mol. The number of aromatic carboxylic acids is 2. The van der Waals surface area contributed by atoms with Crippen LogP contribution >= 0.6 is 15.9 Å². The predicted octanol–water partition coefficient (Wildman–Crippen LogP) is 4.76. The topological polar surface area (TPSA) is 121 Å². The molecule has 0 atom stereocenters. The first-order valence-electron chi connectivity index (χ1n) is 8.70. The second-order valence-electron chi connectivity index (χ2n) is 6.58. The van der Waals surface area contributed by atoms with Crippen molar-refractivity contribution in [2.45, 2.75) is 11.8 Å². The number of hydrogen-bond acceptors (Lipinski definition) is 4. The number of carboxylic acid groups (broad SMARTS) is 2. The Morgan fingerprint density at radius 3 is 2.03 bits per heavy atom. The van der Waals surface area contributed by atoms with Crippen LogP contribution in [0.15, 0.2) is 64.0 Å². The summed E-state index contributed by atoms with van der Waals surface area (Å²) in [5.41, 5.74) is -1.31. The Morgan fingerprint density at radius 2 is 1.52 bits per heavy atom. The summed E-state index contributed by atoms with van der Waals surface area (Å²) in [5, 5.41) is 19.1. The minimum absolute atomic E-state index is 0.0411. The molecule has 0 aliphatic rings. The smallest absolute Gasteiger partial charge is 0.336 e. The van der Waals surface area contributed by atoms with Crippen LogP contribution in [0.4, 0.5) is 10.1 Å². The molecule has 160 valence electrons. The lowest BCUT2D eigenvalue weighted by Gasteiger charge is -2.16. The molecule has 3 aromatic rings. The number of aryl methyl sites for hydroxylation is 1. The van der Waals surface area contributed by atoms with Gasteiger partial charge in [-0.25, -0.2) is 22.4 Å². The van der Waals surface area contributed by atoms with Gasteiger partial charge in [0.2, 0.25) is 0 Å². The lowest BCUT2D eigenvalue weighted by molar-refractivity contribution is 0.0696. The van der Waals surface area contributed by atoms with Crippen LogP contribution in [-0.2, 0) is 10.0 Å². The molecule has 0 aromatic heterocycles. The molecule has 3 N–H and O–H groups in total. The van der Waals surface area contributed by atoms with Gasteiger partial charge < -0.3 is 10.2 Å². The van der Waals surface area contributed by atoms with E-state index in [1.54, 1.807) is 6.07 Å². The fourth-order valence-electron chi connectivity index (χ4n) is 3.04. The van der Waals surface area contributed by atoms with Crippen molar-refractivity contribution in [1.29, 1.82) is 0 Å². The third-order valence-corrected chi connectivity index (χ3v) is 6.40. The Hall–Kier alpha value is -3.24. The van der Waals surface area contributed by atoms with Crippen molar-refractivity contribution in [3.05, 3.63) is 81.6 Å². The lowest BCUT2D eigenvalue weighted by atomic mass is 9.91. The van der Waals surface area contributed by atoms with Crippen molar-refractivity contribution in [1.82, 2.24) is 0 Å². The zero-order valence-corrected chi connectivity index (χ0v) is 18.3. The standard InChI is InChI=1S/C21H15BrFNO6S/c1-11-7-14(20(25)26)19(15(8-11)21(27)28)13-9-18(16(22)10-17(13)23)24-31(29,30)12-5-3-2-4-6-12/h2-10,24H,1H3,(H,25,26)(H,27,28). The van der Waals surface area contributed by atoms with Gasteiger partial charge in [-0.05, 0) is 64.8 Å². The van der Waals surface area contributed by atoms with Crippen molar-refractivity contribution in [2.75, 3.05) is 4.72 Å². The number of carboxylic acids is 2. The first kappa shape index (κ1) is 22.4. The van der Waals surface area contributed by atoms with Crippen molar-refractivity contribution in [2.24, 2.45) is 0 Å². The zero-order chi connectivity index (χ0) is 22.9. The third kappa shape index (κ3) is 4.59. The second-order valence-corrected chi connectivity index (χ2v) is 9.11. The molecule has 0 bridgehead atoms. The number of hydrogen-bond donors (Lipinski definition) is 3. The number of carbonyl (C=O) groups is 2. The van der Waals surface area contributed by atoms with Crippen LogP contribution in [0.5, 0.6) is 0 Å². The largest absolute Gasteiger partial charge is 0.478 e. The van der Waals surface area contributed by atoms with Crippen LogP contribution in [0.1, 0.15) is 26.3 Å². The van der Waals surface area contributed by atoms with Crippen LogP contribution < -0.4 is 4.72 Å². The molecule has 0 unspecified atom stereocenters. The Morgan fingerprint density at radius 1 is 0.968 bits per heavy atom. The van der Waals surface area contributed by atoms with Crippen molar-refractivity contribution in [3.63, 3.8) is 0 Å². The summed E-state index contributed by atoms with van der Waals surface area (Å²) >= 11 is 3.09. The molecule has 0 fully saturated rings. The zero-order valence-electron chi connectivity index (χ0n) is 15.9. The summed E-state index contributed by atoms with van der Waals surface area (Å²) in [4.78, 5) is 23.5. The summed E-state index contributed by atoms with van der Waals surface area (Å²) in [6, 6.07) is 11.9. The highest BCUT2D eigenvalue weighted by molar-refractivity contribution is 9.10. The van der Waals surface area contributed by atoms with Crippen LogP contribution in [0.3, 0.4) is 0 Å². The highest BCUT2D eigenvalue weighted by Gasteiger charge is 2.25. The van der Waals surface area contributed by atoms with E-state index in [4.69, 9.17) is 0 Å². The van der Waals surface area contributed by atoms with Crippen LogP contribution in [-0.4, -0.2) is 30.6 Å². The number of halogens is 2. The molecular formula is C21H15BrFNO6S. The summed E-state index contributed by atoms with van der Waals surface area (Å²) < 4.78 is 42.6. The average molecular weight is 508 g/mol. The highest BCUT2D eigenvalue weighted by atomic mass is 79.9. The van der Waals surface area contributed by atoms with Crippen molar-refractivity contribution >= 4 is 43.6 Å². The minimum atomic E-state index is -4.04.